The lowest BCUT2D eigenvalue weighted by Crippen LogP contribution is -2.50. The van der Waals surface area contributed by atoms with Crippen LogP contribution in [0.1, 0.15) is 20.3 Å². The molecule has 0 bridgehead atoms. The Balaban J connectivity index is 2.24. The van der Waals surface area contributed by atoms with Crippen molar-refractivity contribution in [2.75, 3.05) is 13.2 Å². The van der Waals surface area contributed by atoms with Gasteiger partial charge in [-0.15, -0.1) is 0 Å². The predicted octanol–water partition coefficient (Wildman–Crippen LogP) is 0.794. The molecule has 0 saturated carbocycles. The van der Waals surface area contributed by atoms with Crippen LogP contribution >= 0.6 is 0 Å². The lowest BCUT2D eigenvalue weighted by Gasteiger charge is -2.37. The number of hydrogen-bond donors (Lipinski definition) is 1. The van der Waals surface area contributed by atoms with Gasteiger partial charge in [-0.3, -0.25) is 0 Å². The van der Waals surface area contributed by atoms with Gasteiger partial charge in [-0.2, -0.15) is 0 Å². The summed E-state index contributed by atoms with van der Waals surface area (Å²) in [6, 6.07) is 0. The SMILES string of the molecule is CC(C)CC1(O)COC1. The van der Waals surface area contributed by atoms with E-state index in [9.17, 15) is 5.11 Å². The van der Waals surface area contributed by atoms with E-state index >= 15 is 0 Å². The molecule has 0 amide bonds. The summed E-state index contributed by atoms with van der Waals surface area (Å²) in [6.07, 6.45) is 0.868. The molecule has 1 fully saturated rings. The van der Waals surface area contributed by atoms with Crippen LogP contribution < -0.4 is 0 Å². The number of rotatable bonds is 2. The van der Waals surface area contributed by atoms with Crippen LogP contribution in [0.15, 0.2) is 0 Å². The Hall–Kier alpha value is -0.0800. The third kappa shape index (κ3) is 1.66. The van der Waals surface area contributed by atoms with Gasteiger partial charge in [-0.25, -0.2) is 0 Å². The number of aliphatic hydroxyl groups is 1. The zero-order valence-corrected chi connectivity index (χ0v) is 6.05. The molecule has 0 radical (unpaired) electrons. The second-order valence-corrected chi connectivity index (χ2v) is 3.32. The Morgan fingerprint density at radius 3 is 2.22 bits per heavy atom. The van der Waals surface area contributed by atoms with Gasteiger partial charge in [-0.05, 0) is 12.3 Å². The molecular formula is C7H14O2. The summed E-state index contributed by atoms with van der Waals surface area (Å²) in [6.45, 7) is 5.28. The van der Waals surface area contributed by atoms with Crippen LogP contribution in [0, 0.1) is 5.92 Å². The number of hydrogen-bond acceptors (Lipinski definition) is 2. The zero-order chi connectivity index (χ0) is 6.91. The molecule has 0 aromatic heterocycles. The van der Waals surface area contributed by atoms with Gasteiger partial charge in [0, 0.05) is 0 Å². The van der Waals surface area contributed by atoms with E-state index in [4.69, 9.17) is 4.74 Å². The fourth-order valence-corrected chi connectivity index (χ4v) is 1.22. The Bertz CT molecular complexity index is 95.1. The van der Waals surface area contributed by atoms with E-state index < -0.39 is 5.60 Å². The van der Waals surface area contributed by atoms with Gasteiger partial charge in [0.05, 0.1) is 13.2 Å². The van der Waals surface area contributed by atoms with E-state index in [2.05, 4.69) is 13.8 Å². The van der Waals surface area contributed by atoms with Crippen molar-refractivity contribution in [1.82, 2.24) is 0 Å². The minimum atomic E-state index is -0.478. The molecule has 2 nitrogen and oxygen atoms in total. The smallest absolute Gasteiger partial charge is 0.111 e. The molecule has 1 saturated heterocycles. The van der Waals surface area contributed by atoms with E-state index in [1.54, 1.807) is 0 Å². The Morgan fingerprint density at radius 2 is 2.11 bits per heavy atom. The van der Waals surface area contributed by atoms with Gasteiger partial charge in [0.1, 0.15) is 5.60 Å². The van der Waals surface area contributed by atoms with E-state index in [0.29, 0.717) is 19.1 Å². The van der Waals surface area contributed by atoms with Crippen LogP contribution in [-0.2, 0) is 4.74 Å². The summed E-state index contributed by atoms with van der Waals surface area (Å²) in [4.78, 5) is 0. The molecule has 9 heavy (non-hydrogen) atoms. The van der Waals surface area contributed by atoms with Crippen molar-refractivity contribution in [3.63, 3.8) is 0 Å². The first-order valence-corrected chi connectivity index (χ1v) is 3.42. The molecule has 1 N–H and O–H groups in total. The second-order valence-electron chi connectivity index (χ2n) is 3.32. The molecule has 0 spiro atoms. The minimum Gasteiger partial charge on any atom is -0.385 e. The second kappa shape index (κ2) is 2.27. The molecule has 0 aliphatic carbocycles. The topological polar surface area (TPSA) is 29.5 Å². The lowest BCUT2D eigenvalue weighted by molar-refractivity contribution is -0.185. The zero-order valence-electron chi connectivity index (χ0n) is 6.05. The Kier molecular flexibility index (Phi) is 1.78. The summed E-state index contributed by atoms with van der Waals surface area (Å²) in [5.74, 6) is 0.568. The quantitative estimate of drug-likeness (QED) is 0.599. The van der Waals surface area contributed by atoms with Crippen LogP contribution in [0.5, 0.6) is 0 Å². The lowest BCUT2D eigenvalue weighted by atomic mass is 9.91. The normalized spacial score (nSPS) is 24.0. The largest absolute Gasteiger partial charge is 0.385 e. The highest BCUT2D eigenvalue weighted by Crippen LogP contribution is 2.24. The fourth-order valence-electron chi connectivity index (χ4n) is 1.22. The van der Waals surface area contributed by atoms with Gasteiger partial charge in [0.15, 0.2) is 0 Å². The predicted molar refractivity (Wildman–Crippen MR) is 35.2 cm³/mol. The van der Waals surface area contributed by atoms with Crippen molar-refractivity contribution in [2.45, 2.75) is 25.9 Å². The van der Waals surface area contributed by atoms with E-state index in [0.717, 1.165) is 6.42 Å². The molecule has 1 rings (SSSR count). The first-order valence-electron chi connectivity index (χ1n) is 3.42. The van der Waals surface area contributed by atoms with E-state index in [1.807, 2.05) is 0 Å². The first kappa shape index (κ1) is 7.03. The van der Waals surface area contributed by atoms with Gasteiger partial charge in [-0.1, -0.05) is 13.8 Å². The van der Waals surface area contributed by atoms with Crippen LogP contribution in [0.4, 0.5) is 0 Å². The average Bonchev–Trinajstić information content (AvgIpc) is 1.60. The van der Waals surface area contributed by atoms with Crippen molar-refractivity contribution in [3.8, 4) is 0 Å². The first-order chi connectivity index (χ1) is 4.12. The molecule has 0 aromatic rings. The van der Waals surface area contributed by atoms with Gasteiger partial charge in [0.2, 0.25) is 0 Å². The monoisotopic (exact) mass is 130 g/mol. The highest BCUT2D eigenvalue weighted by molar-refractivity contribution is 4.85. The molecule has 54 valence electrons. The van der Waals surface area contributed by atoms with E-state index in [1.165, 1.54) is 0 Å². The molecule has 0 unspecified atom stereocenters. The highest BCUT2D eigenvalue weighted by Gasteiger charge is 2.36. The summed E-state index contributed by atoms with van der Waals surface area (Å²) < 4.78 is 4.89. The van der Waals surface area contributed by atoms with Crippen LogP contribution in [-0.4, -0.2) is 23.9 Å². The minimum absolute atomic E-state index is 0.478. The van der Waals surface area contributed by atoms with Crippen molar-refractivity contribution < 1.29 is 9.84 Å². The van der Waals surface area contributed by atoms with Crippen molar-refractivity contribution in [1.29, 1.82) is 0 Å². The molecule has 1 aliphatic heterocycles. The summed E-state index contributed by atoms with van der Waals surface area (Å²) in [7, 11) is 0. The third-order valence-corrected chi connectivity index (χ3v) is 1.53. The third-order valence-electron chi connectivity index (χ3n) is 1.53. The number of ether oxygens (including phenoxy) is 1. The summed E-state index contributed by atoms with van der Waals surface area (Å²) in [5.41, 5.74) is -0.478. The fraction of sp³-hybridized carbons (Fsp3) is 1.00. The maximum absolute atomic E-state index is 9.46. The molecular weight excluding hydrogens is 116 g/mol. The molecule has 0 atom stereocenters. The van der Waals surface area contributed by atoms with Crippen LogP contribution in [0.2, 0.25) is 0 Å². The van der Waals surface area contributed by atoms with Crippen molar-refractivity contribution in [3.05, 3.63) is 0 Å². The Labute approximate surface area is 55.8 Å². The van der Waals surface area contributed by atoms with Gasteiger partial charge in [0.25, 0.3) is 0 Å². The average molecular weight is 130 g/mol. The highest BCUT2D eigenvalue weighted by atomic mass is 16.5. The summed E-state index contributed by atoms with van der Waals surface area (Å²) in [5, 5.41) is 9.46. The van der Waals surface area contributed by atoms with Gasteiger partial charge < -0.3 is 9.84 Å². The Morgan fingerprint density at radius 1 is 1.56 bits per heavy atom. The van der Waals surface area contributed by atoms with Crippen molar-refractivity contribution in [2.24, 2.45) is 5.92 Å². The molecule has 1 heterocycles. The maximum atomic E-state index is 9.46. The van der Waals surface area contributed by atoms with Crippen LogP contribution in [0.25, 0.3) is 0 Å². The standard InChI is InChI=1S/C7H14O2/c1-6(2)3-7(8)4-9-5-7/h6,8H,3-5H2,1-2H3. The molecule has 0 aromatic carbocycles. The molecule has 1 aliphatic rings. The maximum Gasteiger partial charge on any atom is 0.111 e. The summed E-state index contributed by atoms with van der Waals surface area (Å²) >= 11 is 0. The van der Waals surface area contributed by atoms with Gasteiger partial charge >= 0.3 is 0 Å². The van der Waals surface area contributed by atoms with Crippen molar-refractivity contribution >= 4 is 0 Å². The molecule has 2 heteroatoms. The van der Waals surface area contributed by atoms with Crippen LogP contribution in [0.3, 0.4) is 0 Å². The van der Waals surface area contributed by atoms with E-state index in [-0.39, 0.29) is 0 Å².